The molecule has 210 valence electrons. The number of amides is 2. The van der Waals surface area contributed by atoms with Crippen molar-refractivity contribution < 1.29 is 19.1 Å². The summed E-state index contributed by atoms with van der Waals surface area (Å²) in [5, 5.41) is 6.23. The number of carbonyl (C=O) groups excluding carboxylic acids is 3. The van der Waals surface area contributed by atoms with Crippen LogP contribution in [0.2, 0.25) is 0 Å². The molecule has 3 aromatic rings. The molecule has 0 spiro atoms. The fraction of sp³-hybridized carbons (Fsp3) is 0.241. The summed E-state index contributed by atoms with van der Waals surface area (Å²) in [5.41, 5.74) is 0.437. The van der Waals surface area contributed by atoms with E-state index >= 15 is 0 Å². The molecule has 1 atom stereocenters. The molecule has 11 heteroatoms. The molecule has 1 heterocycles. The lowest BCUT2D eigenvalue weighted by molar-refractivity contribution is -0.146. The SMILES string of the molecule is C=C(NC(NC(=O)/C=C/c1ccccc1)C(Cl)(Cl)Cl)N(C(=O)C(C)(C)CC(=O)OC)c1cccc2cccnc12. The molecule has 2 aromatic carbocycles. The topological polar surface area (TPSA) is 101 Å². The van der Waals surface area contributed by atoms with Crippen LogP contribution in [0.5, 0.6) is 0 Å². The quantitative estimate of drug-likeness (QED) is 0.133. The van der Waals surface area contributed by atoms with E-state index < -0.39 is 33.2 Å². The average Bonchev–Trinajstić information content (AvgIpc) is 2.91. The number of methoxy groups -OCH3 is 1. The van der Waals surface area contributed by atoms with E-state index in [1.807, 2.05) is 42.5 Å². The second kappa shape index (κ2) is 13.2. The van der Waals surface area contributed by atoms with Gasteiger partial charge in [0.15, 0.2) is 0 Å². The highest BCUT2D eigenvalue weighted by Gasteiger charge is 2.40. The molecule has 1 aromatic heterocycles. The molecule has 2 N–H and O–H groups in total. The number of ether oxygens (including phenoxy) is 1. The number of rotatable bonds is 10. The van der Waals surface area contributed by atoms with Crippen molar-refractivity contribution in [2.24, 2.45) is 5.41 Å². The number of nitrogens with one attached hydrogen (secondary N) is 2. The highest BCUT2D eigenvalue weighted by atomic mass is 35.6. The van der Waals surface area contributed by atoms with Gasteiger partial charge in [-0.1, -0.05) is 104 Å². The van der Waals surface area contributed by atoms with Crippen LogP contribution in [0, 0.1) is 5.41 Å². The molecule has 0 aliphatic carbocycles. The van der Waals surface area contributed by atoms with Crippen molar-refractivity contribution in [2.45, 2.75) is 30.2 Å². The van der Waals surface area contributed by atoms with Crippen LogP contribution in [0.15, 0.2) is 85.3 Å². The second-order valence-corrected chi connectivity index (χ2v) is 11.8. The summed E-state index contributed by atoms with van der Waals surface area (Å²) in [6, 6.07) is 18.1. The number of alkyl halides is 3. The third-order valence-corrected chi connectivity index (χ3v) is 6.52. The molecule has 0 aliphatic heterocycles. The lowest BCUT2D eigenvalue weighted by Crippen LogP contribution is -2.56. The van der Waals surface area contributed by atoms with Gasteiger partial charge >= 0.3 is 5.97 Å². The minimum Gasteiger partial charge on any atom is -0.469 e. The maximum atomic E-state index is 14.0. The van der Waals surface area contributed by atoms with Crippen LogP contribution in [0.4, 0.5) is 5.69 Å². The van der Waals surface area contributed by atoms with Crippen LogP contribution in [0.25, 0.3) is 17.0 Å². The number of esters is 1. The van der Waals surface area contributed by atoms with Gasteiger partial charge in [0.25, 0.3) is 0 Å². The fourth-order valence-electron chi connectivity index (χ4n) is 3.81. The first-order valence-corrected chi connectivity index (χ1v) is 13.3. The molecular formula is C29H29Cl3N4O4. The highest BCUT2D eigenvalue weighted by molar-refractivity contribution is 6.68. The van der Waals surface area contributed by atoms with Crippen molar-refractivity contribution in [3.8, 4) is 0 Å². The van der Waals surface area contributed by atoms with Crippen molar-refractivity contribution in [3.63, 3.8) is 0 Å². The maximum Gasteiger partial charge on any atom is 0.306 e. The van der Waals surface area contributed by atoms with Gasteiger partial charge in [0.1, 0.15) is 12.0 Å². The molecule has 0 saturated carbocycles. The van der Waals surface area contributed by atoms with E-state index in [1.165, 1.54) is 18.1 Å². The van der Waals surface area contributed by atoms with Gasteiger partial charge in [0, 0.05) is 17.7 Å². The molecule has 0 radical (unpaired) electrons. The first-order valence-electron chi connectivity index (χ1n) is 12.1. The normalized spacial score (nSPS) is 12.6. The average molecular weight is 604 g/mol. The fourth-order valence-corrected chi connectivity index (χ4v) is 4.14. The molecule has 1 unspecified atom stereocenters. The summed E-state index contributed by atoms with van der Waals surface area (Å²) in [6.45, 7) is 7.24. The van der Waals surface area contributed by atoms with E-state index in [-0.39, 0.29) is 12.2 Å². The number of anilines is 1. The summed E-state index contributed by atoms with van der Waals surface area (Å²) in [7, 11) is 1.25. The van der Waals surface area contributed by atoms with Crippen LogP contribution >= 0.6 is 34.8 Å². The monoisotopic (exact) mass is 602 g/mol. The summed E-state index contributed by atoms with van der Waals surface area (Å²) in [4.78, 5) is 44.6. The molecular weight excluding hydrogens is 575 g/mol. The number of para-hydroxylation sites is 1. The zero-order valence-corrected chi connectivity index (χ0v) is 24.4. The molecule has 8 nitrogen and oxygen atoms in total. The van der Waals surface area contributed by atoms with Gasteiger partial charge in [0.2, 0.25) is 15.6 Å². The van der Waals surface area contributed by atoms with Gasteiger partial charge in [-0.2, -0.15) is 0 Å². The maximum absolute atomic E-state index is 14.0. The molecule has 2 amide bonds. The number of nitrogens with zero attached hydrogens (tertiary/aromatic N) is 2. The molecule has 0 aliphatic rings. The number of halogens is 3. The van der Waals surface area contributed by atoms with E-state index in [4.69, 9.17) is 39.5 Å². The number of aromatic nitrogens is 1. The van der Waals surface area contributed by atoms with E-state index in [9.17, 15) is 14.4 Å². The number of hydrogen-bond acceptors (Lipinski definition) is 6. The standard InChI is InChI=1S/C29H29Cl3N4O4/c1-19(34-26(29(30,31)32)35-23(37)16-15-20-10-6-5-7-11-20)36(27(39)28(2,3)18-24(38)40-4)22-14-8-12-21-13-9-17-33-25(21)22/h5-17,26,34H,1,18H2,2-4H3,(H,35,37)/b16-15+. The zero-order valence-electron chi connectivity index (χ0n) is 22.2. The molecule has 0 fully saturated rings. The minimum atomic E-state index is -2.05. The predicted octanol–water partition coefficient (Wildman–Crippen LogP) is 5.74. The van der Waals surface area contributed by atoms with Gasteiger partial charge in [-0.3, -0.25) is 24.3 Å². The molecule has 40 heavy (non-hydrogen) atoms. The molecule has 3 rings (SSSR count). The Hall–Kier alpha value is -3.59. The molecule has 0 saturated heterocycles. The van der Waals surface area contributed by atoms with Crippen molar-refractivity contribution >= 4 is 75.3 Å². The third-order valence-electron chi connectivity index (χ3n) is 5.87. The minimum absolute atomic E-state index is 0.0234. The van der Waals surface area contributed by atoms with Gasteiger partial charge in [-0.05, 0) is 23.8 Å². The van der Waals surface area contributed by atoms with Crippen LogP contribution in [-0.4, -0.2) is 39.8 Å². The Balaban J connectivity index is 1.97. The van der Waals surface area contributed by atoms with Crippen molar-refractivity contribution in [1.82, 2.24) is 15.6 Å². The van der Waals surface area contributed by atoms with Crippen LogP contribution in [0.3, 0.4) is 0 Å². The van der Waals surface area contributed by atoms with Crippen LogP contribution in [-0.2, 0) is 19.1 Å². The highest BCUT2D eigenvalue weighted by Crippen LogP contribution is 2.35. The van der Waals surface area contributed by atoms with Gasteiger partial charge in [-0.25, -0.2) is 0 Å². The lowest BCUT2D eigenvalue weighted by atomic mass is 9.87. The smallest absolute Gasteiger partial charge is 0.306 e. The summed E-state index contributed by atoms with van der Waals surface area (Å²) in [6.07, 6.45) is 2.97. The van der Waals surface area contributed by atoms with E-state index in [0.29, 0.717) is 11.2 Å². The largest absolute Gasteiger partial charge is 0.469 e. The van der Waals surface area contributed by atoms with E-state index in [2.05, 4.69) is 22.2 Å². The Kier molecular flexibility index (Phi) is 10.2. The van der Waals surface area contributed by atoms with Crippen LogP contribution < -0.4 is 15.5 Å². The summed E-state index contributed by atoms with van der Waals surface area (Å²) in [5.74, 6) is -1.66. The Morgan fingerprint density at radius 2 is 1.70 bits per heavy atom. The number of fused-ring (bicyclic) bond motifs is 1. The van der Waals surface area contributed by atoms with Gasteiger partial charge < -0.3 is 15.4 Å². The third kappa shape index (κ3) is 7.97. The van der Waals surface area contributed by atoms with Crippen molar-refractivity contribution in [1.29, 1.82) is 0 Å². The van der Waals surface area contributed by atoms with Gasteiger partial charge in [0.05, 0.1) is 30.1 Å². The zero-order chi connectivity index (χ0) is 29.5. The number of carbonyl (C=O) groups is 3. The van der Waals surface area contributed by atoms with Gasteiger partial charge in [-0.15, -0.1) is 0 Å². The van der Waals surface area contributed by atoms with Crippen molar-refractivity contribution in [2.75, 3.05) is 12.0 Å². The van der Waals surface area contributed by atoms with E-state index in [0.717, 1.165) is 10.9 Å². The predicted molar refractivity (Wildman–Crippen MR) is 160 cm³/mol. The lowest BCUT2D eigenvalue weighted by Gasteiger charge is -2.36. The van der Waals surface area contributed by atoms with E-state index in [1.54, 1.807) is 44.3 Å². The second-order valence-electron chi connectivity index (χ2n) is 9.45. The Labute approximate surface area is 247 Å². The Bertz CT molecular complexity index is 1420. The van der Waals surface area contributed by atoms with Crippen molar-refractivity contribution in [3.05, 3.63) is 90.9 Å². The Morgan fingerprint density at radius 3 is 2.35 bits per heavy atom. The molecule has 0 bridgehead atoms. The first-order chi connectivity index (χ1) is 18.8. The first kappa shape index (κ1) is 30.9. The number of hydrogen-bond donors (Lipinski definition) is 2. The van der Waals surface area contributed by atoms with Crippen LogP contribution in [0.1, 0.15) is 25.8 Å². The number of pyridine rings is 1. The number of benzene rings is 2. The Morgan fingerprint density at radius 1 is 1.02 bits per heavy atom. The summed E-state index contributed by atoms with van der Waals surface area (Å²) < 4.78 is 2.74. The summed E-state index contributed by atoms with van der Waals surface area (Å²) >= 11 is 18.7.